The molecule has 0 saturated carbocycles. The van der Waals surface area contributed by atoms with Crippen LogP contribution in [0.25, 0.3) is 0 Å². The Hall–Kier alpha value is -1.58. The van der Waals surface area contributed by atoms with E-state index in [2.05, 4.69) is 0 Å². The van der Waals surface area contributed by atoms with E-state index in [4.69, 9.17) is 9.84 Å². The summed E-state index contributed by atoms with van der Waals surface area (Å²) < 4.78 is 18.3. The number of carboxylic acid groups (broad SMARTS) is 1. The molecule has 88 valence electrons. The summed E-state index contributed by atoms with van der Waals surface area (Å²) in [6.07, 6.45) is -0.958. The number of benzene rings is 1. The first kappa shape index (κ1) is 12.5. The Morgan fingerprint density at radius 2 is 2.06 bits per heavy atom. The highest BCUT2D eigenvalue weighted by atomic mass is 19.1. The summed E-state index contributed by atoms with van der Waals surface area (Å²) in [4.78, 5) is 10.9. The molecule has 0 aliphatic rings. The quantitative estimate of drug-likeness (QED) is 0.858. The predicted molar refractivity (Wildman–Crippen MR) is 58.0 cm³/mol. The number of aliphatic carboxylic acids is 1. The van der Waals surface area contributed by atoms with Crippen LogP contribution in [-0.4, -0.2) is 17.2 Å². The molecule has 1 N–H and O–H groups in total. The van der Waals surface area contributed by atoms with Crippen molar-refractivity contribution in [2.45, 2.75) is 26.9 Å². The fourth-order valence-electron chi connectivity index (χ4n) is 1.31. The second-order valence-electron chi connectivity index (χ2n) is 4.03. The van der Waals surface area contributed by atoms with Crippen LogP contribution in [-0.2, 0) is 4.79 Å². The summed E-state index contributed by atoms with van der Waals surface area (Å²) in [5.74, 6) is -1.38. The Morgan fingerprint density at radius 1 is 1.44 bits per heavy atom. The fraction of sp³-hybridized carbons (Fsp3) is 0.417. The number of carboxylic acids is 1. The molecule has 0 aliphatic heterocycles. The van der Waals surface area contributed by atoms with Crippen molar-refractivity contribution >= 4 is 5.97 Å². The topological polar surface area (TPSA) is 46.5 Å². The van der Waals surface area contributed by atoms with Gasteiger partial charge in [0.25, 0.3) is 0 Å². The molecule has 1 aromatic rings. The third kappa shape index (κ3) is 2.95. The molecule has 1 rings (SSSR count). The molecule has 0 spiro atoms. The van der Waals surface area contributed by atoms with Gasteiger partial charge in [0.15, 0.2) is 6.10 Å². The molecule has 1 unspecified atom stereocenters. The molecule has 0 amide bonds. The molecule has 0 fully saturated rings. The van der Waals surface area contributed by atoms with E-state index in [1.165, 1.54) is 12.1 Å². The third-order valence-corrected chi connectivity index (χ3v) is 2.25. The zero-order chi connectivity index (χ0) is 12.3. The van der Waals surface area contributed by atoms with Crippen LogP contribution in [0.1, 0.15) is 19.4 Å². The highest BCUT2D eigenvalue weighted by molar-refractivity contribution is 5.73. The maximum absolute atomic E-state index is 13.0. The van der Waals surface area contributed by atoms with E-state index in [1.54, 1.807) is 26.8 Å². The van der Waals surface area contributed by atoms with Crippen LogP contribution in [0.15, 0.2) is 18.2 Å². The molecule has 0 aliphatic carbocycles. The Bertz CT molecular complexity index is 388. The minimum Gasteiger partial charge on any atom is -0.478 e. The first-order valence-electron chi connectivity index (χ1n) is 5.07. The zero-order valence-corrected chi connectivity index (χ0v) is 9.53. The van der Waals surface area contributed by atoms with E-state index in [9.17, 15) is 9.18 Å². The lowest BCUT2D eigenvalue weighted by atomic mass is 10.1. The van der Waals surface area contributed by atoms with Gasteiger partial charge in [-0.1, -0.05) is 19.9 Å². The Morgan fingerprint density at radius 3 is 2.56 bits per heavy atom. The molecule has 0 aromatic heterocycles. The number of carbonyl (C=O) groups is 1. The van der Waals surface area contributed by atoms with E-state index in [1.807, 2.05) is 0 Å². The van der Waals surface area contributed by atoms with Crippen LogP contribution in [0, 0.1) is 18.7 Å². The number of hydrogen-bond acceptors (Lipinski definition) is 2. The van der Waals surface area contributed by atoms with E-state index >= 15 is 0 Å². The van der Waals surface area contributed by atoms with Crippen LogP contribution in [0.4, 0.5) is 4.39 Å². The molecule has 16 heavy (non-hydrogen) atoms. The van der Waals surface area contributed by atoms with Gasteiger partial charge >= 0.3 is 5.97 Å². The van der Waals surface area contributed by atoms with Crippen molar-refractivity contribution in [1.82, 2.24) is 0 Å². The largest absolute Gasteiger partial charge is 0.478 e. The van der Waals surface area contributed by atoms with E-state index < -0.39 is 17.9 Å². The van der Waals surface area contributed by atoms with Gasteiger partial charge in [0.1, 0.15) is 11.6 Å². The second-order valence-corrected chi connectivity index (χ2v) is 4.03. The van der Waals surface area contributed by atoms with E-state index in [0.717, 1.165) is 0 Å². The molecule has 1 atom stereocenters. The lowest BCUT2D eigenvalue weighted by molar-refractivity contribution is -0.147. The average Bonchev–Trinajstić information content (AvgIpc) is 2.18. The molecule has 3 nitrogen and oxygen atoms in total. The molecule has 0 saturated heterocycles. The van der Waals surface area contributed by atoms with Crippen LogP contribution in [0.3, 0.4) is 0 Å². The van der Waals surface area contributed by atoms with Crippen molar-refractivity contribution in [2.24, 2.45) is 5.92 Å². The Kier molecular flexibility index (Phi) is 3.88. The van der Waals surface area contributed by atoms with Gasteiger partial charge in [-0.05, 0) is 18.6 Å². The second kappa shape index (κ2) is 4.96. The third-order valence-electron chi connectivity index (χ3n) is 2.25. The minimum absolute atomic E-state index is 0.180. The normalized spacial score (nSPS) is 12.6. The lowest BCUT2D eigenvalue weighted by Crippen LogP contribution is -2.32. The van der Waals surface area contributed by atoms with Crippen LogP contribution >= 0.6 is 0 Å². The number of aryl methyl sites for hydroxylation is 1. The molecular weight excluding hydrogens is 211 g/mol. The van der Waals surface area contributed by atoms with Gasteiger partial charge in [-0.3, -0.25) is 0 Å². The van der Waals surface area contributed by atoms with E-state index in [-0.39, 0.29) is 11.7 Å². The first-order chi connectivity index (χ1) is 7.41. The number of hydrogen-bond donors (Lipinski definition) is 1. The van der Waals surface area contributed by atoms with Gasteiger partial charge in [0.05, 0.1) is 0 Å². The molecule has 0 radical (unpaired) electrons. The van der Waals surface area contributed by atoms with Crippen molar-refractivity contribution in [3.8, 4) is 5.75 Å². The van der Waals surface area contributed by atoms with Gasteiger partial charge in [-0.15, -0.1) is 0 Å². The average molecular weight is 226 g/mol. The van der Waals surface area contributed by atoms with Crippen molar-refractivity contribution in [2.75, 3.05) is 0 Å². The monoisotopic (exact) mass is 226 g/mol. The summed E-state index contributed by atoms with van der Waals surface area (Å²) in [6, 6.07) is 4.07. The molecule has 0 bridgehead atoms. The first-order valence-corrected chi connectivity index (χ1v) is 5.07. The van der Waals surface area contributed by atoms with Crippen molar-refractivity contribution in [1.29, 1.82) is 0 Å². The summed E-state index contributed by atoms with van der Waals surface area (Å²) in [5.41, 5.74) is 0.716. The summed E-state index contributed by atoms with van der Waals surface area (Å²) >= 11 is 0. The zero-order valence-electron chi connectivity index (χ0n) is 9.53. The number of ether oxygens (including phenoxy) is 1. The maximum Gasteiger partial charge on any atom is 0.345 e. The van der Waals surface area contributed by atoms with Crippen molar-refractivity contribution in [3.05, 3.63) is 29.6 Å². The summed E-state index contributed by atoms with van der Waals surface area (Å²) in [6.45, 7) is 5.23. The Labute approximate surface area is 93.9 Å². The molecule has 0 heterocycles. The number of rotatable bonds is 4. The van der Waals surface area contributed by atoms with Crippen LogP contribution < -0.4 is 4.74 Å². The smallest absolute Gasteiger partial charge is 0.345 e. The summed E-state index contributed by atoms with van der Waals surface area (Å²) in [5, 5.41) is 8.95. The van der Waals surface area contributed by atoms with E-state index in [0.29, 0.717) is 5.56 Å². The Balaban J connectivity index is 2.93. The highest BCUT2D eigenvalue weighted by Gasteiger charge is 2.24. The molecule has 4 heteroatoms. The highest BCUT2D eigenvalue weighted by Crippen LogP contribution is 2.22. The van der Waals surface area contributed by atoms with Gasteiger partial charge in [-0.25, -0.2) is 9.18 Å². The molecular formula is C12H15FO3. The van der Waals surface area contributed by atoms with Gasteiger partial charge in [0, 0.05) is 12.0 Å². The van der Waals surface area contributed by atoms with Gasteiger partial charge in [0.2, 0.25) is 0 Å². The standard InChI is InChI=1S/C12H15FO3/c1-7(2)11(12(14)15)16-10-6-9(13)5-4-8(10)3/h4-7,11H,1-3H3,(H,14,15). The maximum atomic E-state index is 13.0. The SMILES string of the molecule is Cc1ccc(F)cc1OC(C(=O)O)C(C)C. The predicted octanol–water partition coefficient (Wildman–Crippen LogP) is 2.62. The lowest BCUT2D eigenvalue weighted by Gasteiger charge is -2.19. The number of halogens is 1. The van der Waals surface area contributed by atoms with Crippen LogP contribution in [0.2, 0.25) is 0 Å². The molecule has 1 aromatic carbocycles. The van der Waals surface area contributed by atoms with Gasteiger partial charge < -0.3 is 9.84 Å². The summed E-state index contributed by atoms with van der Waals surface area (Å²) in [7, 11) is 0. The van der Waals surface area contributed by atoms with Crippen molar-refractivity contribution < 1.29 is 19.0 Å². The van der Waals surface area contributed by atoms with Crippen LogP contribution in [0.5, 0.6) is 5.75 Å². The minimum atomic E-state index is -1.04. The van der Waals surface area contributed by atoms with Crippen molar-refractivity contribution in [3.63, 3.8) is 0 Å². The fourth-order valence-corrected chi connectivity index (χ4v) is 1.31. The van der Waals surface area contributed by atoms with Gasteiger partial charge in [-0.2, -0.15) is 0 Å².